The molecule has 1 rings (SSSR count). The van der Waals surface area contributed by atoms with Crippen molar-refractivity contribution in [2.45, 2.75) is 13.3 Å². The summed E-state index contributed by atoms with van der Waals surface area (Å²) < 4.78 is 6.73. The largest absolute Gasteiger partial charge is 0.543 e. The number of ether oxygens (including phenoxy) is 1. The molecule has 62 valence electrons. The minimum atomic E-state index is -0.618. The van der Waals surface area contributed by atoms with Crippen LogP contribution < -0.4 is 8.43 Å². The Kier molecular flexibility index (Phi) is 4.80. The number of hydrogen-bond acceptors (Lipinski definition) is 1. The smallest absolute Gasteiger partial charge is 0.496 e. The summed E-state index contributed by atoms with van der Waals surface area (Å²) in [4.78, 5) is 0. The fourth-order valence-electron chi connectivity index (χ4n) is 0.967. The van der Waals surface area contributed by atoms with Crippen molar-refractivity contribution in [3.05, 3.63) is 24.3 Å². The van der Waals surface area contributed by atoms with Crippen LogP contribution in [0.5, 0.6) is 5.75 Å². The van der Waals surface area contributed by atoms with Gasteiger partial charge < -0.3 is 13.8 Å². The van der Waals surface area contributed by atoms with Gasteiger partial charge >= 0.3 is 19.3 Å². The first-order valence-electron chi connectivity index (χ1n) is 4.15. The van der Waals surface area contributed by atoms with Crippen LogP contribution in [-0.4, -0.2) is 25.9 Å². The monoisotopic (exact) mass is 194 g/mol. The summed E-state index contributed by atoms with van der Waals surface area (Å²) in [5, 5.41) is 0. The SMILES string of the molecule is CCCOc1cccc[c]1[Mg][Cl]. The second kappa shape index (κ2) is 5.68. The van der Waals surface area contributed by atoms with Gasteiger partial charge in [0.25, 0.3) is 0 Å². The third kappa shape index (κ3) is 2.85. The average molecular weight is 195 g/mol. The topological polar surface area (TPSA) is 9.23 Å². The van der Waals surface area contributed by atoms with Gasteiger partial charge in [0.15, 0.2) is 0 Å². The molecular formula is C9H11ClMgO. The highest BCUT2D eigenvalue weighted by molar-refractivity contribution is 7.01. The molecule has 12 heavy (non-hydrogen) atoms. The molecule has 0 N–H and O–H groups in total. The fourth-order valence-corrected chi connectivity index (χ4v) is 2.21. The van der Waals surface area contributed by atoms with E-state index in [1.54, 1.807) is 0 Å². The number of benzene rings is 1. The molecule has 0 aliphatic carbocycles. The Balaban J connectivity index is 2.68. The predicted molar refractivity (Wildman–Crippen MR) is 53.5 cm³/mol. The lowest BCUT2D eigenvalue weighted by molar-refractivity contribution is 0.320. The van der Waals surface area contributed by atoms with Gasteiger partial charge in [0.2, 0.25) is 0 Å². The number of halogens is 1. The maximum Gasteiger partial charge on any atom is 0.543 e. The first-order valence-corrected chi connectivity index (χ1v) is 6.99. The molecule has 1 aromatic rings. The van der Waals surface area contributed by atoms with E-state index in [0.29, 0.717) is 0 Å². The van der Waals surface area contributed by atoms with Crippen LogP contribution in [0.4, 0.5) is 0 Å². The van der Waals surface area contributed by atoms with Crippen molar-refractivity contribution in [2.75, 3.05) is 6.61 Å². The van der Waals surface area contributed by atoms with E-state index in [2.05, 4.69) is 6.92 Å². The van der Waals surface area contributed by atoms with Crippen molar-refractivity contribution in [2.24, 2.45) is 0 Å². The molecule has 0 fully saturated rings. The molecular weight excluding hydrogens is 184 g/mol. The van der Waals surface area contributed by atoms with Gasteiger partial charge in [-0.15, -0.1) is 3.69 Å². The highest BCUT2D eigenvalue weighted by Gasteiger charge is 2.02. The molecule has 3 heteroatoms. The van der Waals surface area contributed by atoms with Gasteiger partial charge in [0, 0.05) is 0 Å². The van der Waals surface area contributed by atoms with E-state index in [-0.39, 0.29) is 0 Å². The molecule has 0 heterocycles. The highest BCUT2D eigenvalue weighted by atomic mass is 35.5. The summed E-state index contributed by atoms with van der Waals surface area (Å²) in [5.74, 6) is 0.973. The van der Waals surface area contributed by atoms with Crippen LogP contribution in [0.3, 0.4) is 0 Å². The van der Waals surface area contributed by atoms with Crippen LogP contribution in [0.1, 0.15) is 13.3 Å². The molecule has 0 bridgehead atoms. The number of rotatable bonds is 4. The van der Waals surface area contributed by atoms with Gasteiger partial charge in [-0.1, -0.05) is 25.1 Å². The standard InChI is InChI=1S/C9H11O.ClH.Mg/c1-2-8-10-9-6-4-3-5-7-9;;/h3-6H,2,8H2,1H3;1H;/q;;+1/p-1. The maximum absolute atomic E-state index is 5.87. The summed E-state index contributed by atoms with van der Waals surface area (Å²) in [6, 6.07) is 8.02. The molecule has 0 aliphatic heterocycles. The summed E-state index contributed by atoms with van der Waals surface area (Å²) in [5.41, 5.74) is 0. The van der Waals surface area contributed by atoms with E-state index in [9.17, 15) is 0 Å². The third-order valence-corrected chi connectivity index (χ3v) is 3.31. The number of para-hydroxylation sites is 1. The Bertz CT molecular complexity index is 240. The van der Waals surface area contributed by atoms with E-state index in [4.69, 9.17) is 13.8 Å². The zero-order valence-corrected chi connectivity index (χ0v) is 9.39. The van der Waals surface area contributed by atoms with Crippen LogP contribution in [0.15, 0.2) is 24.3 Å². The summed E-state index contributed by atoms with van der Waals surface area (Å²) >= 11 is -0.618. The van der Waals surface area contributed by atoms with Crippen LogP contribution in [-0.2, 0) is 0 Å². The molecule has 0 unspecified atom stereocenters. The molecule has 0 atom stereocenters. The minimum Gasteiger partial charge on any atom is -0.496 e. The van der Waals surface area contributed by atoms with Gasteiger partial charge in [-0.05, 0) is 12.5 Å². The van der Waals surface area contributed by atoms with E-state index in [1.165, 1.54) is 3.69 Å². The van der Waals surface area contributed by atoms with E-state index in [1.807, 2.05) is 24.3 Å². The molecule has 0 spiro atoms. The predicted octanol–water partition coefficient (Wildman–Crippen LogP) is 1.96. The lowest BCUT2D eigenvalue weighted by atomic mass is 10.3. The summed E-state index contributed by atoms with van der Waals surface area (Å²) in [7, 11) is 5.87. The van der Waals surface area contributed by atoms with Crippen LogP contribution in [0, 0.1) is 0 Å². The van der Waals surface area contributed by atoms with Crippen LogP contribution in [0.2, 0.25) is 0 Å². The molecule has 1 nitrogen and oxygen atoms in total. The lowest BCUT2D eigenvalue weighted by Gasteiger charge is -2.08. The van der Waals surface area contributed by atoms with E-state index >= 15 is 0 Å². The van der Waals surface area contributed by atoms with Crippen LogP contribution in [0.25, 0.3) is 0 Å². The maximum atomic E-state index is 5.87. The highest BCUT2D eigenvalue weighted by Crippen LogP contribution is 2.06. The Morgan fingerprint density at radius 2 is 2.17 bits per heavy atom. The Morgan fingerprint density at radius 1 is 1.42 bits per heavy atom. The molecule has 0 saturated carbocycles. The third-order valence-electron chi connectivity index (χ3n) is 1.58. The van der Waals surface area contributed by atoms with Gasteiger partial charge in [-0.2, -0.15) is 0 Å². The van der Waals surface area contributed by atoms with Crippen molar-refractivity contribution in [3.63, 3.8) is 0 Å². The molecule has 0 aromatic heterocycles. The molecule has 0 radical (unpaired) electrons. The summed E-state index contributed by atoms with van der Waals surface area (Å²) in [6.45, 7) is 2.88. The zero-order valence-electron chi connectivity index (χ0n) is 7.22. The van der Waals surface area contributed by atoms with Gasteiger partial charge in [0.1, 0.15) is 0 Å². The molecule has 0 saturated heterocycles. The zero-order chi connectivity index (χ0) is 8.81. The van der Waals surface area contributed by atoms with Crippen molar-refractivity contribution in [3.8, 4) is 5.75 Å². The Morgan fingerprint density at radius 3 is 2.83 bits per heavy atom. The van der Waals surface area contributed by atoms with Crippen molar-refractivity contribution in [1.29, 1.82) is 0 Å². The first-order chi connectivity index (χ1) is 5.88. The Labute approximate surface area is 86.6 Å². The lowest BCUT2D eigenvalue weighted by Crippen LogP contribution is -2.13. The average Bonchev–Trinajstić information content (AvgIpc) is 2.15. The quantitative estimate of drug-likeness (QED) is 0.667. The number of hydrogen-bond donors (Lipinski definition) is 0. The van der Waals surface area contributed by atoms with Gasteiger partial charge in [-0.25, -0.2) is 0 Å². The van der Waals surface area contributed by atoms with Gasteiger partial charge in [-0.3, -0.25) is 0 Å². The molecule has 1 aromatic carbocycles. The van der Waals surface area contributed by atoms with Gasteiger partial charge in [0.05, 0.1) is 12.4 Å². The molecule has 0 amide bonds. The second-order valence-electron chi connectivity index (χ2n) is 2.59. The molecule has 0 aliphatic rings. The van der Waals surface area contributed by atoms with E-state index < -0.39 is 19.3 Å². The fraction of sp³-hybridized carbons (Fsp3) is 0.333. The van der Waals surface area contributed by atoms with Crippen molar-refractivity contribution in [1.82, 2.24) is 0 Å². The Hall–Kier alpha value is 0.0762. The minimum absolute atomic E-state index is 0.618. The van der Waals surface area contributed by atoms with Crippen molar-refractivity contribution < 1.29 is 4.74 Å². The van der Waals surface area contributed by atoms with Crippen molar-refractivity contribution >= 4 is 32.0 Å². The first kappa shape index (κ1) is 10.2. The van der Waals surface area contributed by atoms with E-state index in [0.717, 1.165) is 18.8 Å². The second-order valence-corrected chi connectivity index (χ2v) is 4.42. The normalized spacial score (nSPS) is 9.17. The summed E-state index contributed by atoms with van der Waals surface area (Å²) in [6.07, 6.45) is 1.04. The van der Waals surface area contributed by atoms with Crippen LogP contribution >= 0.6 is 9.07 Å².